The van der Waals surface area contributed by atoms with Gasteiger partial charge in [0.05, 0.1) is 5.41 Å². The van der Waals surface area contributed by atoms with Gasteiger partial charge in [0.15, 0.2) is 0 Å². The van der Waals surface area contributed by atoms with Crippen molar-refractivity contribution in [3.8, 4) is 0 Å². The number of carbonyl (C=O) groups is 1. The van der Waals surface area contributed by atoms with E-state index in [4.69, 9.17) is 4.42 Å². The van der Waals surface area contributed by atoms with Gasteiger partial charge in [0.25, 0.3) is 0 Å². The van der Waals surface area contributed by atoms with Gasteiger partial charge in [-0.25, -0.2) is 4.39 Å². The molecule has 1 aliphatic heterocycles. The molecule has 1 saturated carbocycles. The lowest BCUT2D eigenvalue weighted by Crippen LogP contribution is -2.41. The van der Waals surface area contributed by atoms with E-state index in [1.54, 1.807) is 12.1 Å². The Morgan fingerprint density at radius 3 is 2.64 bits per heavy atom. The zero-order chi connectivity index (χ0) is 25.1. The van der Waals surface area contributed by atoms with E-state index in [1.807, 2.05) is 19.1 Å². The summed E-state index contributed by atoms with van der Waals surface area (Å²) in [7, 11) is 0. The molecule has 1 unspecified atom stereocenters. The molecule has 1 aromatic heterocycles. The van der Waals surface area contributed by atoms with Crippen molar-refractivity contribution in [1.82, 2.24) is 4.90 Å². The molecule has 0 saturated heterocycles. The molecule has 3 aromatic rings. The second kappa shape index (κ2) is 10.7. The van der Waals surface area contributed by atoms with E-state index in [-0.39, 0.29) is 11.7 Å². The Labute approximate surface area is 214 Å². The molecule has 2 aliphatic rings. The largest absolute Gasteiger partial charge is 0.461 e. The molecule has 0 spiro atoms. The zero-order valence-electron chi connectivity index (χ0n) is 21.7. The van der Waals surface area contributed by atoms with E-state index in [2.05, 4.69) is 42.2 Å². The fourth-order valence-corrected chi connectivity index (χ4v) is 6.28. The number of rotatable bonds is 7. The van der Waals surface area contributed by atoms with Crippen LogP contribution in [0, 0.1) is 18.7 Å². The molecule has 0 bridgehead atoms. The summed E-state index contributed by atoms with van der Waals surface area (Å²) < 4.78 is 20.3. The summed E-state index contributed by atoms with van der Waals surface area (Å²) in [5, 5.41) is 0.823. The summed E-state index contributed by atoms with van der Waals surface area (Å²) in [6.45, 7) is 6.80. The number of ketones is 1. The Balaban J connectivity index is 1.30. The first kappa shape index (κ1) is 25.0. The fraction of sp³-hybridized carbons (Fsp3) is 0.469. The van der Waals surface area contributed by atoms with Crippen LogP contribution in [0.5, 0.6) is 0 Å². The molecule has 1 aliphatic carbocycles. The summed E-state index contributed by atoms with van der Waals surface area (Å²) in [6, 6.07) is 15.5. The molecule has 3 nitrogen and oxygen atoms in total. The van der Waals surface area contributed by atoms with E-state index in [1.165, 1.54) is 19.3 Å². The van der Waals surface area contributed by atoms with Gasteiger partial charge >= 0.3 is 0 Å². The van der Waals surface area contributed by atoms with Gasteiger partial charge in [-0.15, -0.1) is 0 Å². The highest BCUT2D eigenvalue weighted by Crippen LogP contribution is 2.37. The molecule has 4 heteroatoms. The van der Waals surface area contributed by atoms with Gasteiger partial charge in [0.2, 0.25) is 0 Å². The third kappa shape index (κ3) is 5.20. The number of carbonyl (C=O) groups excluding carboxylic acids is 1. The van der Waals surface area contributed by atoms with Gasteiger partial charge in [-0.2, -0.15) is 0 Å². The minimum absolute atomic E-state index is 0.188. The number of hydrogen-bond acceptors (Lipinski definition) is 3. The molecule has 2 aromatic carbocycles. The second-order valence-corrected chi connectivity index (χ2v) is 11.0. The van der Waals surface area contributed by atoms with Gasteiger partial charge in [0.1, 0.15) is 22.9 Å². The van der Waals surface area contributed by atoms with Gasteiger partial charge < -0.3 is 9.32 Å². The van der Waals surface area contributed by atoms with Crippen LogP contribution in [0.1, 0.15) is 75.2 Å². The minimum Gasteiger partial charge on any atom is -0.461 e. The topological polar surface area (TPSA) is 33.5 Å². The minimum atomic E-state index is -0.466. The first-order valence-electron chi connectivity index (χ1n) is 13.7. The van der Waals surface area contributed by atoms with E-state index in [0.717, 1.165) is 85.2 Å². The second-order valence-electron chi connectivity index (χ2n) is 11.0. The van der Waals surface area contributed by atoms with Gasteiger partial charge in [-0.3, -0.25) is 4.79 Å². The van der Waals surface area contributed by atoms with E-state index in [0.29, 0.717) is 5.78 Å². The summed E-state index contributed by atoms with van der Waals surface area (Å²) in [4.78, 5) is 16.4. The highest BCUT2D eigenvalue weighted by Gasteiger charge is 2.39. The SMILES string of the molecule is Cc1cc2cc(F)cc(C3=CCCN(CCC(C)(C(=O)C4CCCCC4)c4ccccc4)CC3)c2o1. The van der Waals surface area contributed by atoms with Crippen molar-refractivity contribution in [3.63, 3.8) is 0 Å². The first-order chi connectivity index (χ1) is 17.4. The number of hydrogen-bond donors (Lipinski definition) is 0. The summed E-state index contributed by atoms with van der Waals surface area (Å²) in [5.74, 6) is 1.20. The van der Waals surface area contributed by atoms with Crippen LogP contribution < -0.4 is 0 Å². The number of benzene rings is 2. The predicted molar refractivity (Wildman–Crippen MR) is 145 cm³/mol. The third-order valence-corrected chi connectivity index (χ3v) is 8.44. The Bertz CT molecular complexity index is 1240. The van der Waals surface area contributed by atoms with E-state index >= 15 is 0 Å². The van der Waals surface area contributed by atoms with Crippen LogP contribution in [0.3, 0.4) is 0 Å². The number of aryl methyl sites for hydroxylation is 1. The number of Topliss-reactive ketones (excluding diaryl/α,β-unsaturated/α-hetero) is 1. The van der Waals surface area contributed by atoms with Crippen LogP contribution in [0.4, 0.5) is 4.39 Å². The van der Waals surface area contributed by atoms with Crippen molar-refractivity contribution in [2.45, 2.75) is 70.6 Å². The van der Waals surface area contributed by atoms with Crippen molar-refractivity contribution in [2.75, 3.05) is 19.6 Å². The van der Waals surface area contributed by atoms with Crippen LogP contribution >= 0.6 is 0 Å². The normalized spacial score (nSPS) is 19.6. The zero-order valence-corrected chi connectivity index (χ0v) is 21.7. The van der Waals surface area contributed by atoms with E-state index in [9.17, 15) is 9.18 Å². The Morgan fingerprint density at radius 1 is 1.08 bits per heavy atom. The number of furan rings is 1. The molecule has 1 atom stereocenters. The molecule has 190 valence electrons. The predicted octanol–water partition coefficient (Wildman–Crippen LogP) is 7.86. The molecule has 0 amide bonds. The Kier molecular flexibility index (Phi) is 7.43. The summed E-state index contributed by atoms with van der Waals surface area (Å²) in [6.07, 6.45) is 10.5. The van der Waals surface area contributed by atoms with Crippen LogP contribution in [-0.2, 0) is 10.2 Å². The van der Waals surface area contributed by atoms with Gasteiger partial charge in [0, 0.05) is 30.0 Å². The van der Waals surface area contributed by atoms with Crippen LogP contribution in [0.15, 0.2) is 59.0 Å². The maximum atomic E-state index is 14.4. The Hall–Kier alpha value is -2.72. The van der Waals surface area contributed by atoms with Crippen LogP contribution in [0.2, 0.25) is 0 Å². The maximum Gasteiger partial charge on any atom is 0.146 e. The smallest absolute Gasteiger partial charge is 0.146 e. The molecule has 0 N–H and O–H groups in total. The van der Waals surface area contributed by atoms with Gasteiger partial charge in [-0.1, -0.05) is 55.7 Å². The maximum absolute atomic E-state index is 14.4. The van der Waals surface area contributed by atoms with Crippen molar-refractivity contribution < 1.29 is 13.6 Å². The molecule has 0 radical (unpaired) electrons. The third-order valence-electron chi connectivity index (χ3n) is 8.44. The lowest BCUT2D eigenvalue weighted by Gasteiger charge is -2.35. The highest BCUT2D eigenvalue weighted by molar-refractivity contribution is 5.92. The summed E-state index contributed by atoms with van der Waals surface area (Å²) in [5.41, 5.74) is 3.49. The van der Waals surface area contributed by atoms with E-state index < -0.39 is 5.41 Å². The Morgan fingerprint density at radius 2 is 1.86 bits per heavy atom. The average Bonchev–Trinajstić information content (AvgIpc) is 3.12. The lowest BCUT2D eigenvalue weighted by molar-refractivity contribution is -0.129. The standard InChI is InChI=1S/C32H38FNO2/c1-23-20-26-21-28(33)22-29(30(26)36-23)24-12-9-17-34(18-15-24)19-16-32(2,27-13-7-4-8-14-27)31(35)25-10-5-3-6-11-25/h4,7-8,12-14,20-22,25H,3,5-6,9-11,15-19H2,1-2H3. The van der Waals surface area contributed by atoms with Crippen LogP contribution in [-0.4, -0.2) is 30.3 Å². The molecule has 5 rings (SSSR count). The van der Waals surface area contributed by atoms with Crippen molar-refractivity contribution >= 4 is 22.3 Å². The van der Waals surface area contributed by atoms with Crippen molar-refractivity contribution in [1.29, 1.82) is 0 Å². The molecule has 2 heterocycles. The quantitative estimate of drug-likeness (QED) is 0.340. The molecule has 1 fully saturated rings. The fourth-order valence-electron chi connectivity index (χ4n) is 6.28. The first-order valence-corrected chi connectivity index (χ1v) is 13.7. The van der Waals surface area contributed by atoms with Crippen LogP contribution in [0.25, 0.3) is 16.5 Å². The lowest BCUT2D eigenvalue weighted by atomic mass is 9.69. The number of nitrogens with zero attached hydrogens (tertiary/aromatic N) is 1. The van der Waals surface area contributed by atoms with Gasteiger partial charge in [-0.05, 0) is 81.8 Å². The monoisotopic (exact) mass is 487 g/mol. The molecular weight excluding hydrogens is 449 g/mol. The molecule has 36 heavy (non-hydrogen) atoms. The number of fused-ring (bicyclic) bond motifs is 1. The average molecular weight is 488 g/mol. The van der Waals surface area contributed by atoms with Crippen molar-refractivity contribution in [3.05, 3.63) is 77.3 Å². The summed E-state index contributed by atoms with van der Waals surface area (Å²) >= 11 is 0. The molecular formula is C32H38FNO2. The van der Waals surface area contributed by atoms with Crippen molar-refractivity contribution in [2.24, 2.45) is 5.92 Å². The number of halogens is 1. The highest BCUT2D eigenvalue weighted by atomic mass is 19.1.